The Hall–Kier alpha value is -0.200. The maximum Gasteiger partial charge on any atom is 0.0716 e. The largest absolute Gasteiger partial charge is 0.392 e. The Bertz CT molecular complexity index is 269. The molecule has 0 spiro atoms. The molecule has 19 heavy (non-hydrogen) atoms. The van der Waals surface area contributed by atoms with E-state index in [1.807, 2.05) is 0 Å². The number of hydrogen-bond donors (Lipinski definition) is 3. The van der Waals surface area contributed by atoms with Crippen molar-refractivity contribution >= 4 is 0 Å². The highest BCUT2D eigenvalue weighted by Crippen LogP contribution is 2.25. The first-order valence-electron chi connectivity index (χ1n) is 7.47. The molecule has 2 unspecified atom stereocenters. The van der Waals surface area contributed by atoms with Gasteiger partial charge in [0.05, 0.1) is 11.7 Å². The van der Waals surface area contributed by atoms with Crippen molar-refractivity contribution in [1.29, 1.82) is 0 Å². The van der Waals surface area contributed by atoms with E-state index in [0.29, 0.717) is 45.1 Å². The van der Waals surface area contributed by atoms with Crippen molar-refractivity contribution in [3.05, 3.63) is 0 Å². The van der Waals surface area contributed by atoms with Crippen LogP contribution in [0.4, 0.5) is 0 Å². The van der Waals surface area contributed by atoms with Crippen LogP contribution in [0.5, 0.6) is 0 Å². The highest BCUT2D eigenvalue weighted by Gasteiger charge is 2.32. The molecule has 5 heteroatoms. The molecule has 0 aromatic rings. The fraction of sp³-hybridized carbons (Fsp3) is 1.00. The van der Waals surface area contributed by atoms with Gasteiger partial charge in [0.2, 0.25) is 0 Å². The van der Waals surface area contributed by atoms with E-state index in [4.69, 9.17) is 4.74 Å². The second-order valence-corrected chi connectivity index (χ2v) is 6.20. The molecule has 2 saturated heterocycles. The number of aliphatic hydroxyl groups excluding tert-OH is 1. The highest BCUT2D eigenvalue weighted by molar-refractivity contribution is 4.85. The maximum atomic E-state index is 10.3. The SMILES string of the molecule is CN1CCCC(NCC(O)CC2(O)CCOCC2)C1. The van der Waals surface area contributed by atoms with E-state index in [1.54, 1.807) is 0 Å². The molecular weight excluding hydrogens is 244 g/mol. The van der Waals surface area contributed by atoms with E-state index >= 15 is 0 Å². The van der Waals surface area contributed by atoms with Crippen molar-refractivity contribution in [2.75, 3.05) is 39.9 Å². The maximum absolute atomic E-state index is 10.3. The van der Waals surface area contributed by atoms with E-state index in [-0.39, 0.29) is 0 Å². The fourth-order valence-electron chi connectivity index (χ4n) is 3.10. The Morgan fingerprint density at radius 3 is 2.84 bits per heavy atom. The molecule has 2 aliphatic rings. The van der Waals surface area contributed by atoms with Gasteiger partial charge in [-0.25, -0.2) is 0 Å². The monoisotopic (exact) mass is 272 g/mol. The summed E-state index contributed by atoms with van der Waals surface area (Å²) in [6, 6.07) is 0.470. The number of ether oxygens (including phenoxy) is 1. The lowest BCUT2D eigenvalue weighted by Gasteiger charge is -2.35. The predicted octanol–water partition coefficient (Wildman–Crippen LogP) is -0.0373. The lowest BCUT2D eigenvalue weighted by Crippen LogP contribution is -2.48. The van der Waals surface area contributed by atoms with Gasteiger partial charge in [-0.3, -0.25) is 0 Å². The minimum atomic E-state index is -0.733. The number of nitrogens with zero attached hydrogens (tertiary/aromatic N) is 1. The predicted molar refractivity (Wildman–Crippen MR) is 74.1 cm³/mol. The van der Waals surface area contributed by atoms with E-state index < -0.39 is 11.7 Å². The average Bonchev–Trinajstić information content (AvgIpc) is 2.37. The molecule has 2 atom stereocenters. The van der Waals surface area contributed by atoms with Crippen molar-refractivity contribution in [3.8, 4) is 0 Å². The van der Waals surface area contributed by atoms with Crippen LogP contribution in [0.2, 0.25) is 0 Å². The highest BCUT2D eigenvalue weighted by atomic mass is 16.5. The van der Waals surface area contributed by atoms with Gasteiger partial charge in [-0.1, -0.05) is 0 Å². The lowest BCUT2D eigenvalue weighted by atomic mass is 9.88. The molecule has 0 radical (unpaired) electrons. The van der Waals surface area contributed by atoms with Gasteiger partial charge in [-0.05, 0) is 39.3 Å². The normalized spacial score (nSPS) is 30.2. The van der Waals surface area contributed by atoms with Crippen molar-refractivity contribution < 1.29 is 14.9 Å². The number of rotatable bonds is 5. The zero-order chi connectivity index (χ0) is 13.7. The van der Waals surface area contributed by atoms with Crippen LogP contribution in [0.3, 0.4) is 0 Å². The molecule has 112 valence electrons. The van der Waals surface area contributed by atoms with Crippen LogP contribution >= 0.6 is 0 Å². The Morgan fingerprint density at radius 1 is 1.42 bits per heavy atom. The van der Waals surface area contributed by atoms with Gasteiger partial charge in [0, 0.05) is 38.8 Å². The Labute approximate surface area is 115 Å². The van der Waals surface area contributed by atoms with E-state index in [0.717, 1.165) is 6.54 Å². The molecule has 2 rings (SSSR count). The Kier molecular flexibility index (Phi) is 5.59. The molecule has 3 N–H and O–H groups in total. The summed E-state index contributed by atoms with van der Waals surface area (Å²) in [6.07, 6.45) is 3.63. The Morgan fingerprint density at radius 2 is 2.16 bits per heavy atom. The van der Waals surface area contributed by atoms with Crippen molar-refractivity contribution in [2.45, 2.75) is 49.9 Å². The topological polar surface area (TPSA) is 65.0 Å². The van der Waals surface area contributed by atoms with E-state index in [2.05, 4.69) is 17.3 Å². The first kappa shape index (κ1) is 15.2. The third-order valence-corrected chi connectivity index (χ3v) is 4.31. The molecule has 0 aromatic carbocycles. The van der Waals surface area contributed by atoms with Crippen LogP contribution in [0.25, 0.3) is 0 Å². The summed E-state index contributed by atoms with van der Waals surface area (Å²) in [5.74, 6) is 0. The molecule has 0 aromatic heterocycles. The van der Waals surface area contributed by atoms with Crippen LogP contribution in [0.1, 0.15) is 32.1 Å². The quantitative estimate of drug-likeness (QED) is 0.655. The summed E-state index contributed by atoms with van der Waals surface area (Å²) >= 11 is 0. The summed E-state index contributed by atoms with van der Waals surface area (Å²) in [5.41, 5.74) is -0.733. The van der Waals surface area contributed by atoms with E-state index in [9.17, 15) is 10.2 Å². The smallest absolute Gasteiger partial charge is 0.0716 e. The molecule has 0 amide bonds. The first-order valence-corrected chi connectivity index (χ1v) is 7.47. The number of aliphatic hydroxyl groups is 2. The van der Waals surface area contributed by atoms with Gasteiger partial charge in [-0.15, -0.1) is 0 Å². The molecule has 0 saturated carbocycles. The van der Waals surface area contributed by atoms with Gasteiger partial charge >= 0.3 is 0 Å². The van der Waals surface area contributed by atoms with E-state index in [1.165, 1.54) is 19.4 Å². The van der Waals surface area contributed by atoms with Crippen LogP contribution in [-0.2, 0) is 4.74 Å². The van der Waals surface area contributed by atoms with Crippen molar-refractivity contribution in [1.82, 2.24) is 10.2 Å². The van der Waals surface area contributed by atoms with Crippen LogP contribution < -0.4 is 5.32 Å². The van der Waals surface area contributed by atoms with Crippen LogP contribution in [-0.4, -0.2) is 72.8 Å². The molecule has 0 bridgehead atoms. The summed E-state index contributed by atoms with van der Waals surface area (Å²) in [5, 5.41) is 23.9. The molecular formula is C14H28N2O3. The van der Waals surface area contributed by atoms with Crippen molar-refractivity contribution in [2.24, 2.45) is 0 Å². The summed E-state index contributed by atoms with van der Waals surface area (Å²) < 4.78 is 5.25. The number of nitrogens with one attached hydrogen (secondary N) is 1. The van der Waals surface area contributed by atoms with Gasteiger partial charge in [0.25, 0.3) is 0 Å². The lowest BCUT2D eigenvalue weighted by molar-refractivity contribution is -0.0863. The second kappa shape index (κ2) is 6.99. The summed E-state index contributed by atoms with van der Waals surface area (Å²) in [7, 11) is 2.13. The van der Waals surface area contributed by atoms with Gasteiger partial charge in [0.1, 0.15) is 0 Å². The third kappa shape index (κ3) is 5.00. The number of piperidine rings is 1. The fourth-order valence-corrected chi connectivity index (χ4v) is 3.10. The molecule has 0 aliphatic carbocycles. The zero-order valence-electron chi connectivity index (χ0n) is 12.0. The molecule has 2 aliphatic heterocycles. The first-order chi connectivity index (χ1) is 9.07. The van der Waals surface area contributed by atoms with Gasteiger partial charge in [0.15, 0.2) is 0 Å². The van der Waals surface area contributed by atoms with Crippen LogP contribution in [0.15, 0.2) is 0 Å². The number of likely N-dealkylation sites (N-methyl/N-ethyl adjacent to an activating group) is 1. The Balaban J connectivity index is 1.67. The zero-order valence-corrected chi connectivity index (χ0v) is 12.0. The second-order valence-electron chi connectivity index (χ2n) is 6.20. The average molecular weight is 272 g/mol. The molecule has 2 heterocycles. The minimum Gasteiger partial charge on any atom is -0.392 e. The molecule has 2 fully saturated rings. The number of hydrogen-bond acceptors (Lipinski definition) is 5. The molecule has 5 nitrogen and oxygen atoms in total. The standard InChI is InChI=1S/C14H28N2O3/c1-16-6-2-3-12(11-16)15-10-13(17)9-14(18)4-7-19-8-5-14/h12-13,15,17-18H,2-11H2,1H3. The minimum absolute atomic E-state index is 0.450. The third-order valence-electron chi connectivity index (χ3n) is 4.31. The van der Waals surface area contributed by atoms with Crippen LogP contribution in [0, 0.1) is 0 Å². The van der Waals surface area contributed by atoms with Gasteiger partial charge in [-0.2, -0.15) is 0 Å². The summed E-state index contributed by atoms with van der Waals surface area (Å²) in [4.78, 5) is 2.32. The summed E-state index contributed by atoms with van der Waals surface area (Å²) in [6.45, 7) is 3.99. The van der Waals surface area contributed by atoms with Crippen molar-refractivity contribution in [3.63, 3.8) is 0 Å². The van der Waals surface area contributed by atoms with Gasteiger partial charge < -0.3 is 25.2 Å². The number of likely N-dealkylation sites (tertiary alicyclic amines) is 1.